The minimum atomic E-state index is -0.501. The number of benzene rings is 1. The van der Waals surface area contributed by atoms with Crippen molar-refractivity contribution in [3.63, 3.8) is 0 Å². The first kappa shape index (κ1) is 16.1. The second-order valence-electron chi connectivity index (χ2n) is 6.60. The van der Waals surface area contributed by atoms with Gasteiger partial charge in [0, 0.05) is 0 Å². The van der Waals surface area contributed by atoms with E-state index in [1.165, 1.54) is 5.56 Å². The van der Waals surface area contributed by atoms with Crippen molar-refractivity contribution in [3.8, 4) is 5.75 Å². The Morgan fingerprint density at radius 1 is 1.38 bits per heavy atom. The number of aryl methyl sites for hydroxylation is 1. The van der Waals surface area contributed by atoms with E-state index in [0.717, 1.165) is 28.6 Å². The molecule has 2 rings (SSSR count). The summed E-state index contributed by atoms with van der Waals surface area (Å²) in [5.74, 6) is 0.771. The molecular weight excluding hydrogens is 334 g/mol. The Hall–Kier alpha value is -1.23. The summed E-state index contributed by atoms with van der Waals surface area (Å²) in [7, 11) is 1.64. The standard InChI is InChI=1S/C16H22BrNO3/c1-15(2,3)21-14(19)18-16(4)7-6-10-8-12(17)13(20-5)9-11(10)16/h8-9H,6-7H2,1-5H3,(H,18,19). The number of methoxy groups -OCH3 is 1. The van der Waals surface area contributed by atoms with Crippen LogP contribution in [0.1, 0.15) is 45.2 Å². The molecule has 1 unspecified atom stereocenters. The molecule has 1 aliphatic carbocycles. The van der Waals surface area contributed by atoms with Crippen molar-refractivity contribution in [2.75, 3.05) is 7.11 Å². The highest BCUT2D eigenvalue weighted by Gasteiger charge is 2.37. The Labute approximate surface area is 134 Å². The molecule has 116 valence electrons. The summed E-state index contributed by atoms with van der Waals surface area (Å²) >= 11 is 3.50. The molecule has 0 fully saturated rings. The maximum Gasteiger partial charge on any atom is 0.408 e. The molecule has 0 bridgehead atoms. The smallest absolute Gasteiger partial charge is 0.408 e. The number of rotatable bonds is 2. The van der Waals surface area contributed by atoms with Gasteiger partial charge in [0.25, 0.3) is 0 Å². The molecule has 4 nitrogen and oxygen atoms in total. The quantitative estimate of drug-likeness (QED) is 0.866. The molecule has 0 aromatic heterocycles. The average molecular weight is 356 g/mol. The summed E-state index contributed by atoms with van der Waals surface area (Å²) in [6, 6.07) is 4.06. The predicted octanol–water partition coefficient (Wildman–Crippen LogP) is 4.14. The molecule has 1 aromatic rings. The molecule has 1 aliphatic rings. The lowest BCUT2D eigenvalue weighted by Gasteiger charge is -2.29. The molecule has 0 radical (unpaired) electrons. The van der Waals surface area contributed by atoms with Gasteiger partial charge in [-0.3, -0.25) is 0 Å². The lowest BCUT2D eigenvalue weighted by molar-refractivity contribution is 0.0461. The minimum Gasteiger partial charge on any atom is -0.496 e. The van der Waals surface area contributed by atoms with Crippen LogP contribution in [0.25, 0.3) is 0 Å². The fourth-order valence-electron chi connectivity index (χ4n) is 2.65. The lowest BCUT2D eigenvalue weighted by Crippen LogP contribution is -2.44. The first-order valence-corrected chi connectivity index (χ1v) is 7.82. The van der Waals surface area contributed by atoms with E-state index in [0.29, 0.717) is 0 Å². The minimum absolute atomic E-state index is 0.389. The summed E-state index contributed by atoms with van der Waals surface area (Å²) in [5, 5.41) is 3.01. The molecule has 1 N–H and O–H groups in total. The molecule has 1 amide bonds. The van der Waals surface area contributed by atoms with Gasteiger partial charge >= 0.3 is 6.09 Å². The van der Waals surface area contributed by atoms with Crippen molar-refractivity contribution >= 4 is 22.0 Å². The van der Waals surface area contributed by atoms with Gasteiger partial charge in [0.2, 0.25) is 0 Å². The number of nitrogens with one attached hydrogen (secondary N) is 1. The van der Waals surface area contributed by atoms with E-state index in [9.17, 15) is 4.79 Å². The van der Waals surface area contributed by atoms with E-state index < -0.39 is 11.1 Å². The third-order valence-corrected chi connectivity index (χ3v) is 4.26. The summed E-state index contributed by atoms with van der Waals surface area (Å²) in [5.41, 5.74) is 1.39. The average Bonchev–Trinajstić information content (AvgIpc) is 2.62. The van der Waals surface area contributed by atoms with E-state index in [2.05, 4.69) is 27.3 Å². The van der Waals surface area contributed by atoms with Gasteiger partial charge in [0.05, 0.1) is 17.1 Å². The van der Waals surface area contributed by atoms with Crippen molar-refractivity contribution in [1.82, 2.24) is 5.32 Å². The van der Waals surface area contributed by atoms with Crippen LogP contribution in [0.5, 0.6) is 5.75 Å². The number of hydrogen-bond donors (Lipinski definition) is 1. The number of amides is 1. The van der Waals surface area contributed by atoms with Crippen LogP contribution in [0, 0.1) is 0 Å². The van der Waals surface area contributed by atoms with Crippen LogP contribution in [-0.2, 0) is 16.7 Å². The number of hydrogen-bond acceptors (Lipinski definition) is 3. The van der Waals surface area contributed by atoms with Crippen LogP contribution in [0.15, 0.2) is 16.6 Å². The highest BCUT2D eigenvalue weighted by molar-refractivity contribution is 9.10. The van der Waals surface area contributed by atoms with Gasteiger partial charge in [-0.25, -0.2) is 4.79 Å². The molecule has 1 aromatic carbocycles. The zero-order valence-corrected chi connectivity index (χ0v) is 14.8. The van der Waals surface area contributed by atoms with E-state index in [-0.39, 0.29) is 6.09 Å². The van der Waals surface area contributed by atoms with Crippen molar-refractivity contribution < 1.29 is 14.3 Å². The molecule has 0 aliphatic heterocycles. The lowest BCUT2D eigenvalue weighted by atomic mass is 9.94. The number of fused-ring (bicyclic) bond motifs is 1. The number of alkyl carbamates (subject to hydrolysis) is 1. The van der Waals surface area contributed by atoms with Gasteiger partial charge in [0.1, 0.15) is 11.4 Å². The SMILES string of the molecule is COc1cc2c(cc1Br)CCC2(C)NC(=O)OC(C)(C)C. The number of ether oxygens (including phenoxy) is 2. The molecule has 5 heteroatoms. The Kier molecular flexibility index (Phi) is 4.24. The van der Waals surface area contributed by atoms with Gasteiger partial charge in [-0.15, -0.1) is 0 Å². The molecular formula is C16H22BrNO3. The fraction of sp³-hybridized carbons (Fsp3) is 0.562. The first-order chi connectivity index (χ1) is 9.64. The van der Waals surface area contributed by atoms with E-state index >= 15 is 0 Å². The Balaban J connectivity index is 2.26. The van der Waals surface area contributed by atoms with Crippen molar-refractivity contribution in [1.29, 1.82) is 0 Å². The van der Waals surface area contributed by atoms with Crippen LogP contribution in [-0.4, -0.2) is 18.8 Å². The molecule has 0 saturated carbocycles. The zero-order valence-electron chi connectivity index (χ0n) is 13.2. The normalized spacial score (nSPS) is 20.9. The summed E-state index contributed by atoms with van der Waals surface area (Å²) in [6.07, 6.45) is 1.38. The van der Waals surface area contributed by atoms with E-state index in [1.807, 2.05) is 33.8 Å². The summed E-state index contributed by atoms with van der Waals surface area (Å²) in [6.45, 7) is 7.60. The van der Waals surface area contributed by atoms with Crippen LogP contribution >= 0.6 is 15.9 Å². The second-order valence-corrected chi connectivity index (χ2v) is 7.46. The second kappa shape index (κ2) is 5.52. The van der Waals surface area contributed by atoms with E-state index in [4.69, 9.17) is 9.47 Å². The highest BCUT2D eigenvalue weighted by atomic mass is 79.9. The van der Waals surface area contributed by atoms with Crippen LogP contribution in [0.2, 0.25) is 0 Å². The Bertz CT molecular complexity index is 565. The topological polar surface area (TPSA) is 47.6 Å². The monoisotopic (exact) mass is 355 g/mol. The number of carbonyl (C=O) groups excluding carboxylic acids is 1. The van der Waals surface area contributed by atoms with Crippen LogP contribution < -0.4 is 10.1 Å². The maximum atomic E-state index is 12.1. The van der Waals surface area contributed by atoms with Crippen molar-refractivity contribution in [2.45, 2.75) is 51.7 Å². The largest absolute Gasteiger partial charge is 0.496 e. The third kappa shape index (κ3) is 3.51. The third-order valence-electron chi connectivity index (χ3n) is 3.64. The predicted molar refractivity (Wildman–Crippen MR) is 85.7 cm³/mol. The first-order valence-electron chi connectivity index (χ1n) is 7.03. The molecule has 1 atom stereocenters. The maximum absolute atomic E-state index is 12.1. The Morgan fingerprint density at radius 3 is 2.62 bits per heavy atom. The number of carbonyl (C=O) groups is 1. The van der Waals surface area contributed by atoms with E-state index in [1.54, 1.807) is 7.11 Å². The molecule has 21 heavy (non-hydrogen) atoms. The van der Waals surface area contributed by atoms with Crippen LogP contribution in [0.3, 0.4) is 0 Å². The van der Waals surface area contributed by atoms with Gasteiger partial charge in [-0.05, 0) is 79.7 Å². The summed E-state index contributed by atoms with van der Waals surface area (Å²) < 4.78 is 11.7. The molecule has 0 saturated heterocycles. The highest BCUT2D eigenvalue weighted by Crippen LogP contribution is 2.41. The van der Waals surface area contributed by atoms with Crippen molar-refractivity contribution in [3.05, 3.63) is 27.7 Å². The van der Waals surface area contributed by atoms with Gasteiger partial charge in [-0.2, -0.15) is 0 Å². The number of halogens is 1. The molecule has 0 heterocycles. The van der Waals surface area contributed by atoms with Crippen LogP contribution in [0.4, 0.5) is 4.79 Å². The van der Waals surface area contributed by atoms with Gasteiger partial charge in [0.15, 0.2) is 0 Å². The Morgan fingerprint density at radius 2 is 2.05 bits per heavy atom. The van der Waals surface area contributed by atoms with Gasteiger partial charge < -0.3 is 14.8 Å². The fourth-order valence-corrected chi connectivity index (χ4v) is 3.20. The summed E-state index contributed by atoms with van der Waals surface area (Å²) in [4.78, 5) is 12.1. The van der Waals surface area contributed by atoms with Crippen molar-refractivity contribution in [2.24, 2.45) is 0 Å². The molecule has 0 spiro atoms. The zero-order chi connectivity index (χ0) is 15.8. The van der Waals surface area contributed by atoms with Gasteiger partial charge in [-0.1, -0.05) is 0 Å².